The molecule has 0 aliphatic heterocycles. The summed E-state index contributed by atoms with van der Waals surface area (Å²) < 4.78 is 5.58. The van der Waals surface area contributed by atoms with Crippen molar-refractivity contribution in [3.8, 4) is 0 Å². The van der Waals surface area contributed by atoms with Crippen LogP contribution in [0, 0.1) is 5.92 Å². The summed E-state index contributed by atoms with van der Waals surface area (Å²) >= 11 is 0. The van der Waals surface area contributed by atoms with Crippen LogP contribution in [0.1, 0.15) is 45.9 Å². The number of hydrogen-bond acceptors (Lipinski definition) is 3. The Kier molecular flexibility index (Phi) is 5.42. The summed E-state index contributed by atoms with van der Waals surface area (Å²) in [5.74, 6) is 1.75. The minimum absolute atomic E-state index is 0.119. The molecule has 0 amide bonds. The molecule has 0 aliphatic carbocycles. The lowest BCUT2D eigenvalue weighted by Crippen LogP contribution is -2.35. The van der Waals surface area contributed by atoms with E-state index < -0.39 is 0 Å². The Bertz CT molecular complexity index is 350. The molecule has 3 heteroatoms. The van der Waals surface area contributed by atoms with E-state index >= 15 is 0 Å². The second-order valence-electron chi connectivity index (χ2n) is 6.56. The average molecular weight is 252 g/mol. The number of rotatable bonds is 6. The minimum Gasteiger partial charge on any atom is -0.468 e. The second kappa shape index (κ2) is 6.39. The van der Waals surface area contributed by atoms with E-state index in [4.69, 9.17) is 4.42 Å². The molecule has 3 nitrogen and oxygen atoms in total. The topological polar surface area (TPSA) is 28.4 Å². The molecule has 0 fully saturated rings. The third kappa shape index (κ3) is 5.69. The van der Waals surface area contributed by atoms with Crippen LogP contribution < -0.4 is 5.32 Å². The van der Waals surface area contributed by atoms with Crippen molar-refractivity contribution in [2.75, 3.05) is 13.6 Å². The molecule has 1 N–H and O–H groups in total. The van der Waals surface area contributed by atoms with E-state index in [1.807, 2.05) is 0 Å². The molecular weight excluding hydrogens is 224 g/mol. The van der Waals surface area contributed by atoms with Crippen molar-refractivity contribution in [2.24, 2.45) is 5.92 Å². The molecule has 0 aliphatic rings. The molecule has 1 aromatic heterocycles. The molecule has 1 rings (SSSR count). The van der Waals surface area contributed by atoms with E-state index in [-0.39, 0.29) is 5.54 Å². The van der Waals surface area contributed by atoms with Gasteiger partial charge in [0.05, 0.1) is 12.8 Å². The molecular formula is C15H28N2O. The summed E-state index contributed by atoms with van der Waals surface area (Å²) in [6.45, 7) is 13.8. The van der Waals surface area contributed by atoms with Crippen molar-refractivity contribution in [3.63, 3.8) is 0 Å². The second-order valence-corrected chi connectivity index (χ2v) is 6.56. The fraction of sp³-hybridized carbons (Fsp3) is 0.733. The standard InChI is InChI=1S/C15H28N2O/c1-12(2)10-17(6)11-13-7-8-18-14(13)9-16-15(3,4)5/h7-8,12,16H,9-11H2,1-6H3. The zero-order chi connectivity index (χ0) is 13.8. The largest absolute Gasteiger partial charge is 0.468 e. The molecule has 1 heterocycles. The number of hydrogen-bond donors (Lipinski definition) is 1. The van der Waals surface area contributed by atoms with Gasteiger partial charge in [-0.2, -0.15) is 0 Å². The summed E-state index contributed by atoms with van der Waals surface area (Å²) in [4.78, 5) is 2.34. The molecule has 0 unspecified atom stereocenters. The first-order valence-corrected chi connectivity index (χ1v) is 6.77. The first kappa shape index (κ1) is 15.3. The van der Waals surface area contributed by atoms with Crippen LogP contribution >= 0.6 is 0 Å². The van der Waals surface area contributed by atoms with Gasteiger partial charge in [-0.05, 0) is 39.8 Å². The summed E-state index contributed by atoms with van der Waals surface area (Å²) in [5.41, 5.74) is 1.41. The fourth-order valence-electron chi connectivity index (χ4n) is 1.99. The molecule has 0 saturated carbocycles. The highest BCUT2D eigenvalue weighted by atomic mass is 16.3. The smallest absolute Gasteiger partial charge is 0.122 e. The van der Waals surface area contributed by atoms with Crippen LogP contribution in [0.2, 0.25) is 0 Å². The third-order valence-corrected chi connectivity index (χ3v) is 2.73. The van der Waals surface area contributed by atoms with Crippen LogP contribution in [0.5, 0.6) is 0 Å². The maximum atomic E-state index is 5.58. The highest BCUT2D eigenvalue weighted by Crippen LogP contribution is 2.14. The fourth-order valence-corrected chi connectivity index (χ4v) is 1.99. The van der Waals surface area contributed by atoms with Gasteiger partial charge in [-0.1, -0.05) is 13.8 Å². The lowest BCUT2D eigenvalue weighted by molar-refractivity contribution is 0.284. The van der Waals surface area contributed by atoms with Gasteiger partial charge in [0, 0.05) is 24.2 Å². The molecule has 1 aromatic rings. The predicted molar refractivity (Wildman–Crippen MR) is 76.5 cm³/mol. The van der Waals surface area contributed by atoms with Crippen LogP contribution in [-0.2, 0) is 13.1 Å². The maximum absolute atomic E-state index is 5.58. The summed E-state index contributed by atoms with van der Waals surface area (Å²) in [6.07, 6.45) is 1.79. The van der Waals surface area contributed by atoms with Gasteiger partial charge in [0.15, 0.2) is 0 Å². The number of furan rings is 1. The summed E-state index contributed by atoms with van der Waals surface area (Å²) in [5, 5.41) is 3.47. The predicted octanol–water partition coefficient (Wildman–Crippen LogP) is 3.26. The number of nitrogens with one attached hydrogen (secondary N) is 1. The van der Waals surface area contributed by atoms with Crippen LogP contribution in [0.3, 0.4) is 0 Å². The quantitative estimate of drug-likeness (QED) is 0.842. The Labute approximate surface area is 112 Å². The monoisotopic (exact) mass is 252 g/mol. The van der Waals surface area contributed by atoms with E-state index in [0.717, 1.165) is 25.4 Å². The van der Waals surface area contributed by atoms with Gasteiger partial charge in [0.2, 0.25) is 0 Å². The zero-order valence-electron chi connectivity index (χ0n) is 12.7. The molecule has 104 valence electrons. The normalized spacial score (nSPS) is 12.7. The van der Waals surface area contributed by atoms with E-state index in [1.54, 1.807) is 6.26 Å². The van der Waals surface area contributed by atoms with Gasteiger partial charge in [0.25, 0.3) is 0 Å². The molecule has 0 spiro atoms. The SMILES string of the molecule is CC(C)CN(C)Cc1ccoc1CNC(C)(C)C. The van der Waals surface area contributed by atoms with Gasteiger partial charge in [-0.3, -0.25) is 0 Å². The van der Waals surface area contributed by atoms with Gasteiger partial charge < -0.3 is 14.6 Å². The summed E-state index contributed by atoms with van der Waals surface area (Å²) in [6, 6.07) is 2.08. The van der Waals surface area contributed by atoms with E-state index in [0.29, 0.717) is 5.92 Å². The highest BCUT2D eigenvalue weighted by Gasteiger charge is 2.13. The van der Waals surface area contributed by atoms with Crippen LogP contribution in [0.15, 0.2) is 16.7 Å². The van der Waals surface area contributed by atoms with Crippen molar-refractivity contribution in [1.29, 1.82) is 0 Å². The van der Waals surface area contributed by atoms with Gasteiger partial charge in [-0.15, -0.1) is 0 Å². The molecule has 0 atom stereocenters. The lowest BCUT2D eigenvalue weighted by Gasteiger charge is -2.21. The first-order valence-electron chi connectivity index (χ1n) is 6.77. The Hall–Kier alpha value is -0.800. The van der Waals surface area contributed by atoms with E-state index in [2.05, 4.69) is 57.9 Å². The van der Waals surface area contributed by atoms with Gasteiger partial charge in [-0.25, -0.2) is 0 Å². The average Bonchev–Trinajstić information content (AvgIpc) is 2.59. The Morgan fingerprint density at radius 2 is 2.00 bits per heavy atom. The van der Waals surface area contributed by atoms with Crippen molar-refractivity contribution in [2.45, 2.75) is 53.2 Å². The first-order chi connectivity index (χ1) is 8.28. The van der Waals surface area contributed by atoms with Crippen LogP contribution in [-0.4, -0.2) is 24.0 Å². The van der Waals surface area contributed by atoms with E-state index in [1.165, 1.54) is 5.56 Å². The third-order valence-electron chi connectivity index (χ3n) is 2.73. The molecule has 0 bridgehead atoms. The Morgan fingerprint density at radius 3 is 2.56 bits per heavy atom. The zero-order valence-corrected chi connectivity index (χ0v) is 12.7. The van der Waals surface area contributed by atoms with Crippen molar-refractivity contribution in [3.05, 3.63) is 23.7 Å². The molecule has 0 saturated heterocycles. The lowest BCUT2D eigenvalue weighted by atomic mass is 10.1. The van der Waals surface area contributed by atoms with Crippen molar-refractivity contribution in [1.82, 2.24) is 10.2 Å². The molecule has 0 radical (unpaired) electrons. The maximum Gasteiger partial charge on any atom is 0.122 e. The van der Waals surface area contributed by atoms with Crippen LogP contribution in [0.4, 0.5) is 0 Å². The highest BCUT2D eigenvalue weighted by molar-refractivity contribution is 5.17. The van der Waals surface area contributed by atoms with E-state index in [9.17, 15) is 0 Å². The van der Waals surface area contributed by atoms with Gasteiger partial charge >= 0.3 is 0 Å². The van der Waals surface area contributed by atoms with Crippen molar-refractivity contribution >= 4 is 0 Å². The Balaban J connectivity index is 2.54. The summed E-state index contributed by atoms with van der Waals surface area (Å²) in [7, 11) is 2.16. The Morgan fingerprint density at radius 1 is 1.33 bits per heavy atom. The van der Waals surface area contributed by atoms with Crippen LogP contribution in [0.25, 0.3) is 0 Å². The number of nitrogens with zero attached hydrogens (tertiary/aromatic N) is 1. The minimum atomic E-state index is 0.119. The van der Waals surface area contributed by atoms with Gasteiger partial charge in [0.1, 0.15) is 5.76 Å². The van der Waals surface area contributed by atoms with Crippen molar-refractivity contribution < 1.29 is 4.42 Å². The molecule has 0 aromatic carbocycles. The molecule has 18 heavy (non-hydrogen) atoms.